The molecular formula is C27H28N2O5. The molecule has 0 saturated carbocycles. The summed E-state index contributed by atoms with van der Waals surface area (Å²) in [6.07, 6.45) is 1.52. The van der Waals surface area contributed by atoms with Crippen LogP contribution < -0.4 is 9.64 Å². The average molecular weight is 461 g/mol. The first-order valence-corrected chi connectivity index (χ1v) is 11.3. The number of ether oxygens (including phenoxy) is 1. The van der Waals surface area contributed by atoms with E-state index < -0.39 is 17.7 Å². The van der Waals surface area contributed by atoms with Crippen molar-refractivity contribution in [2.75, 3.05) is 25.1 Å². The maximum absolute atomic E-state index is 13.2. The number of rotatable bonds is 8. The van der Waals surface area contributed by atoms with Gasteiger partial charge in [0.1, 0.15) is 17.3 Å². The van der Waals surface area contributed by atoms with Gasteiger partial charge in [-0.25, -0.2) is 0 Å². The Balaban J connectivity index is 1.81. The molecule has 1 aromatic heterocycles. The van der Waals surface area contributed by atoms with E-state index in [1.165, 1.54) is 11.2 Å². The molecule has 1 saturated heterocycles. The summed E-state index contributed by atoms with van der Waals surface area (Å²) in [7, 11) is 1.55. The second-order valence-electron chi connectivity index (χ2n) is 8.00. The van der Waals surface area contributed by atoms with Crippen molar-refractivity contribution >= 4 is 23.1 Å². The number of furan rings is 1. The fourth-order valence-corrected chi connectivity index (χ4v) is 4.32. The van der Waals surface area contributed by atoms with E-state index >= 15 is 0 Å². The van der Waals surface area contributed by atoms with E-state index in [0.717, 1.165) is 24.3 Å². The monoisotopic (exact) mass is 460 g/mol. The van der Waals surface area contributed by atoms with Gasteiger partial charge in [0.2, 0.25) is 0 Å². The van der Waals surface area contributed by atoms with Crippen molar-refractivity contribution < 1.29 is 23.8 Å². The Morgan fingerprint density at radius 2 is 1.71 bits per heavy atom. The standard InChI is InChI=1S/C27H28N2O5/c1-4-28(5-2)20-12-8-18(9-13-20)24-23(25(30)19-10-14-21(33-3)15-11-19)26(31)27(32)29(24)17-22-7-6-16-34-22/h6-16,24,30H,4-5,17H2,1-3H3/b25-23+. The van der Waals surface area contributed by atoms with E-state index in [4.69, 9.17) is 9.15 Å². The van der Waals surface area contributed by atoms with Gasteiger partial charge in [0.25, 0.3) is 11.7 Å². The van der Waals surface area contributed by atoms with Crippen LogP contribution in [-0.4, -0.2) is 41.9 Å². The number of benzene rings is 2. The summed E-state index contributed by atoms with van der Waals surface area (Å²) in [4.78, 5) is 29.9. The van der Waals surface area contributed by atoms with Gasteiger partial charge in [-0.2, -0.15) is 0 Å². The first kappa shape index (κ1) is 23.2. The molecule has 1 aliphatic rings. The van der Waals surface area contributed by atoms with Crippen LogP contribution in [0, 0.1) is 0 Å². The minimum Gasteiger partial charge on any atom is -0.507 e. The van der Waals surface area contributed by atoms with Gasteiger partial charge in [0, 0.05) is 24.3 Å². The largest absolute Gasteiger partial charge is 0.507 e. The van der Waals surface area contributed by atoms with Gasteiger partial charge < -0.3 is 24.1 Å². The molecule has 4 rings (SSSR count). The Morgan fingerprint density at radius 3 is 2.26 bits per heavy atom. The van der Waals surface area contributed by atoms with Crippen molar-refractivity contribution in [3.05, 3.63) is 89.4 Å². The predicted molar refractivity (Wildman–Crippen MR) is 130 cm³/mol. The van der Waals surface area contributed by atoms with Crippen molar-refractivity contribution in [3.8, 4) is 5.75 Å². The molecule has 0 aliphatic carbocycles. The first-order chi connectivity index (χ1) is 16.5. The van der Waals surface area contributed by atoms with Crippen LogP contribution in [0.3, 0.4) is 0 Å². The highest BCUT2D eigenvalue weighted by molar-refractivity contribution is 6.46. The summed E-state index contributed by atoms with van der Waals surface area (Å²) >= 11 is 0. The molecule has 1 aliphatic heterocycles. The second-order valence-corrected chi connectivity index (χ2v) is 8.00. The van der Waals surface area contributed by atoms with Crippen molar-refractivity contribution in [2.24, 2.45) is 0 Å². The van der Waals surface area contributed by atoms with Gasteiger partial charge >= 0.3 is 0 Å². The number of amides is 1. The lowest BCUT2D eigenvalue weighted by molar-refractivity contribution is -0.140. The zero-order chi connectivity index (χ0) is 24.2. The Morgan fingerprint density at radius 1 is 1.03 bits per heavy atom. The van der Waals surface area contributed by atoms with Crippen molar-refractivity contribution in [1.82, 2.24) is 4.90 Å². The van der Waals surface area contributed by atoms with Crippen LogP contribution in [0.1, 0.15) is 36.8 Å². The quantitative estimate of drug-likeness (QED) is 0.297. The SMILES string of the molecule is CCN(CC)c1ccc(C2/C(=C(\O)c3ccc(OC)cc3)C(=O)C(=O)N2Cc2ccco2)cc1. The molecule has 3 aromatic rings. The lowest BCUT2D eigenvalue weighted by atomic mass is 9.95. The molecule has 0 radical (unpaired) electrons. The van der Waals surface area contributed by atoms with E-state index in [9.17, 15) is 14.7 Å². The lowest BCUT2D eigenvalue weighted by Crippen LogP contribution is -2.29. The number of hydrogen-bond donors (Lipinski definition) is 1. The van der Waals surface area contributed by atoms with Gasteiger partial charge in [-0.1, -0.05) is 12.1 Å². The van der Waals surface area contributed by atoms with Gasteiger partial charge in [-0.3, -0.25) is 9.59 Å². The number of aliphatic hydroxyl groups is 1. The highest BCUT2D eigenvalue weighted by Crippen LogP contribution is 2.41. The number of aliphatic hydroxyl groups excluding tert-OH is 1. The van der Waals surface area contributed by atoms with Crippen LogP contribution in [0.2, 0.25) is 0 Å². The summed E-state index contributed by atoms with van der Waals surface area (Å²) in [6, 6.07) is 17.2. The van der Waals surface area contributed by atoms with Crippen molar-refractivity contribution in [1.29, 1.82) is 0 Å². The maximum atomic E-state index is 13.2. The highest BCUT2D eigenvalue weighted by atomic mass is 16.5. The average Bonchev–Trinajstić information content (AvgIpc) is 3.47. The Kier molecular flexibility index (Phi) is 6.72. The molecule has 34 heavy (non-hydrogen) atoms. The Labute approximate surface area is 198 Å². The first-order valence-electron chi connectivity index (χ1n) is 11.3. The molecule has 0 spiro atoms. The normalized spacial score (nSPS) is 17.3. The number of nitrogens with zero attached hydrogens (tertiary/aromatic N) is 2. The molecule has 7 heteroatoms. The number of anilines is 1. The van der Waals surface area contributed by atoms with Crippen molar-refractivity contribution in [3.63, 3.8) is 0 Å². The summed E-state index contributed by atoms with van der Waals surface area (Å²) in [6.45, 7) is 6.02. The minimum absolute atomic E-state index is 0.0531. The number of methoxy groups -OCH3 is 1. The molecular weight excluding hydrogens is 432 g/mol. The van der Waals surface area contributed by atoms with Crippen LogP contribution in [0.5, 0.6) is 5.75 Å². The number of Topliss-reactive ketones (excluding diaryl/α,β-unsaturated/α-hetero) is 1. The third-order valence-corrected chi connectivity index (χ3v) is 6.15. The van der Waals surface area contributed by atoms with Crippen LogP contribution in [0.15, 0.2) is 76.9 Å². The number of ketones is 1. The topological polar surface area (TPSA) is 83.2 Å². The zero-order valence-corrected chi connectivity index (χ0v) is 19.5. The molecule has 7 nitrogen and oxygen atoms in total. The second kappa shape index (κ2) is 9.87. The molecule has 1 N–H and O–H groups in total. The van der Waals surface area contributed by atoms with Crippen LogP contribution in [0.4, 0.5) is 5.69 Å². The number of carbonyl (C=O) groups is 2. The molecule has 2 aromatic carbocycles. The molecule has 1 unspecified atom stereocenters. The number of carbonyl (C=O) groups excluding carboxylic acids is 2. The fourth-order valence-electron chi connectivity index (χ4n) is 4.32. The lowest BCUT2D eigenvalue weighted by Gasteiger charge is -2.26. The van der Waals surface area contributed by atoms with E-state index in [2.05, 4.69) is 18.7 Å². The third kappa shape index (κ3) is 4.29. The van der Waals surface area contributed by atoms with Gasteiger partial charge in [-0.15, -0.1) is 0 Å². The van der Waals surface area contributed by atoms with E-state index in [1.54, 1.807) is 43.5 Å². The summed E-state index contributed by atoms with van der Waals surface area (Å²) in [5.41, 5.74) is 2.27. The molecule has 1 amide bonds. The van der Waals surface area contributed by atoms with Gasteiger partial charge in [-0.05, 0) is 67.9 Å². The van der Waals surface area contributed by atoms with Crippen LogP contribution >= 0.6 is 0 Å². The van der Waals surface area contributed by atoms with Gasteiger partial charge in [0.15, 0.2) is 0 Å². The zero-order valence-electron chi connectivity index (χ0n) is 19.5. The maximum Gasteiger partial charge on any atom is 0.296 e. The Bertz CT molecular complexity index is 1180. The summed E-state index contributed by atoms with van der Waals surface area (Å²) in [5, 5.41) is 11.2. The molecule has 0 bridgehead atoms. The minimum atomic E-state index is -0.752. The van der Waals surface area contributed by atoms with Crippen LogP contribution in [-0.2, 0) is 16.1 Å². The molecule has 1 fully saturated rings. The van der Waals surface area contributed by atoms with E-state index in [1.807, 2.05) is 24.3 Å². The van der Waals surface area contributed by atoms with Crippen molar-refractivity contribution in [2.45, 2.75) is 26.4 Å². The van der Waals surface area contributed by atoms with Gasteiger partial charge in [0.05, 0.1) is 31.5 Å². The third-order valence-electron chi connectivity index (χ3n) is 6.15. The fraction of sp³-hybridized carbons (Fsp3) is 0.259. The number of likely N-dealkylation sites (tertiary alicyclic amines) is 1. The van der Waals surface area contributed by atoms with E-state index in [0.29, 0.717) is 17.1 Å². The predicted octanol–water partition coefficient (Wildman–Crippen LogP) is 4.76. The molecule has 2 heterocycles. The van der Waals surface area contributed by atoms with Crippen LogP contribution in [0.25, 0.3) is 5.76 Å². The molecule has 1 atom stereocenters. The Hall–Kier alpha value is -4.00. The molecule has 176 valence electrons. The van der Waals surface area contributed by atoms with E-state index in [-0.39, 0.29) is 17.9 Å². The highest BCUT2D eigenvalue weighted by Gasteiger charge is 2.46. The number of hydrogen-bond acceptors (Lipinski definition) is 6. The summed E-state index contributed by atoms with van der Waals surface area (Å²) in [5.74, 6) is -0.447. The summed E-state index contributed by atoms with van der Waals surface area (Å²) < 4.78 is 10.6. The smallest absolute Gasteiger partial charge is 0.296 e.